The van der Waals surface area contributed by atoms with Crippen LogP contribution in [0.5, 0.6) is 0 Å². The highest BCUT2D eigenvalue weighted by Gasteiger charge is 2.31. The van der Waals surface area contributed by atoms with Crippen molar-refractivity contribution in [3.8, 4) is 0 Å². The average molecular weight is 352 g/mol. The lowest BCUT2D eigenvalue weighted by molar-refractivity contribution is -0.0352. The van der Waals surface area contributed by atoms with Crippen LogP contribution in [0.25, 0.3) is 10.8 Å². The molecular weight excluding hydrogens is 332 g/mol. The maximum atomic E-state index is 13.0. The molecule has 4 rings (SSSR count). The van der Waals surface area contributed by atoms with Gasteiger partial charge in [-0.3, -0.25) is 9.78 Å². The molecule has 0 saturated carbocycles. The molecule has 1 aliphatic heterocycles. The third kappa shape index (κ3) is 3.06. The van der Waals surface area contributed by atoms with Crippen LogP contribution in [0.3, 0.4) is 0 Å². The number of amides is 1. The summed E-state index contributed by atoms with van der Waals surface area (Å²) in [5.74, 6) is 1.02. The Kier molecular flexibility index (Phi) is 4.38. The van der Waals surface area contributed by atoms with Crippen molar-refractivity contribution in [3.63, 3.8) is 0 Å². The van der Waals surface area contributed by atoms with E-state index < -0.39 is 6.10 Å². The third-order valence-electron chi connectivity index (χ3n) is 4.46. The standard InChI is InChI=1S/C19H20N4O3/c1-12(2)17-21-22-18(26-17)15-11-23(9-10-25-15)19(24)16-14-6-4-3-5-13(14)7-8-20-16/h3-8,12,15H,9-11H2,1-2H3/t15-/m1/s1. The second-order valence-corrected chi connectivity index (χ2v) is 6.62. The molecule has 0 unspecified atom stereocenters. The Labute approximate surface area is 151 Å². The summed E-state index contributed by atoms with van der Waals surface area (Å²) in [6.07, 6.45) is 1.25. The molecule has 0 radical (unpaired) electrons. The van der Waals surface area contributed by atoms with E-state index in [0.717, 1.165) is 10.8 Å². The monoisotopic (exact) mass is 352 g/mol. The van der Waals surface area contributed by atoms with Crippen LogP contribution >= 0.6 is 0 Å². The van der Waals surface area contributed by atoms with Crippen LogP contribution < -0.4 is 0 Å². The summed E-state index contributed by atoms with van der Waals surface area (Å²) < 4.78 is 11.4. The Morgan fingerprint density at radius 2 is 2.08 bits per heavy atom. The van der Waals surface area contributed by atoms with Gasteiger partial charge in [0.1, 0.15) is 5.69 Å². The van der Waals surface area contributed by atoms with Crippen LogP contribution in [-0.4, -0.2) is 45.7 Å². The highest BCUT2D eigenvalue weighted by Crippen LogP contribution is 2.25. The van der Waals surface area contributed by atoms with E-state index >= 15 is 0 Å². The molecule has 1 aliphatic rings. The largest absolute Gasteiger partial charge is 0.422 e. The molecule has 1 amide bonds. The first-order chi connectivity index (χ1) is 12.6. The summed E-state index contributed by atoms with van der Waals surface area (Å²) in [6.45, 7) is 5.26. The predicted molar refractivity (Wildman–Crippen MR) is 94.7 cm³/mol. The first kappa shape index (κ1) is 16.7. The molecule has 1 aromatic carbocycles. The predicted octanol–water partition coefficient (Wildman–Crippen LogP) is 2.95. The number of fused-ring (bicyclic) bond motifs is 1. The van der Waals surface area contributed by atoms with E-state index in [4.69, 9.17) is 9.15 Å². The van der Waals surface area contributed by atoms with Gasteiger partial charge in [0.2, 0.25) is 11.8 Å². The maximum Gasteiger partial charge on any atom is 0.273 e. The van der Waals surface area contributed by atoms with Gasteiger partial charge in [0.05, 0.1) is 13.2 Å². The Balaban J connectivity index is 1.58. The quantitative estimate of drug-likeness (QED) is 0.721. The summed E-state index contributed by atoms with van der Waals surface area (Å²) in [5.41, 5.74) is 0.456. The van der Waals surface area contributed by atoms with Gasteiger partial charge in [-0.2, -0.15) is 0 Å². The van der Waals surface area contributed by atoms with Crippen molar-refractivity contribution in [2.45, 2.75) is 25.9 Å². The minimum absolute atomic E-state index is 0.112. The number of nitrogens with zero attached hydrogens (tertiary/aromatic N) is 4. The van der Waals surface area contributed by atoms with E-state index in [0.29, 0.717) is 37.2 Å². The number of hydrogen-bond acceptors (Lipinski definition) is 6. The van der Waals surface area contributed by atoms with Crippen molar-refractivity contribution >= 4 is 16.7 Å². The van der Waals surface area contributed by atoms with Crippen LogP contribution in [0.1, 0.15) is 48.1 Å². The van der Waals surface area contributed by atoms with E-state index in [1.54, 1.807) is 11.1 Å². The lowest BCUT2D eigenvalue weighted by Gasteiger charge is -2.31. The Morgan fingerprint density at radius 3 is 2.88 bits per heavy atom. The number of carbonyl (C=O) groups excluding carboxylic acids is 1. The number of rotatable bonds is 3. The number of hydrogen-bond donors (Lipinski definition) is 0. The van der Waals surface area contributed by atoms with E-state index in [1.165, 1.54) is 0 Å². The van der Waals surface area contributed by atoms with Gasteiger partial charge in [0.15, 0.2) is 6.10 Å². The second kappa shape index (κ2) is 6.84. The summed E-state index contributed by atoms with van der Waals surface area (Å²) >= 11 is 0. The molecule has 1 fully saturated rings. The maximum absolute atomic E-state index is 13.0. The third-order valence-corrected chi connectivity index (χ3v) is 4.46. The molecule has 1 saturated heterocycles. The molecule has 3 heterocycles. The van der Waals surface area contributed by atoms with Gasteiger partial charge < -0.3 is 14.1 Å². The fourth-order valence-electron chi connectivity index (χ4n) is 3.03. The molecule has 3 aromatic rings. The normalized spacial score (nSPS) is 17.8. The second-order valence-electron chi connectivity index (χ2n) is 6.62. The molecule has 1 atom stereocenters. The van der Waals surface area contributed by atoms with Gasteiger partial charge in [-0.15, -0.1) is 10.2 Å². The van der Waals surface area contributed by atoms with Crippen LogP contribution in [0.2, 0.25) is 0 Å². The fraction of sp³-hybridized carbons (Fsp3) is 0.368. The minimum Gasteiger partial charge on any atom is -0.422 e. The molecule has 7 heteroatoms. The summed E-state index contributed by atoms with van der Waals surface area (Å²) in [7, 11) is 0. The van der Waals surface area contributed by atoms with Crippen LogP contribution in [-0.2, 0) is 4.74 Å². The Morgan fingerprint density at radius 1 is 1.23 bits per heavy atom. The van der Waals surface area contributed by atoms with Gasteiger partial charge >= 0.3 is 0 Å². The van der Waals surface area contributed by atoms with E-state index in [2.05, 4.69) is 15.2 Å². The molecule has 134 valence electrons. The minimum atomic E-state index is -0.414. The summed E-state index contributed by atoms with van der Waals surface area (Å²) in [4.78, 5) is 19.1. The number of carbonyl (C=O) groups is 1. The Bertz CT molecular complexity index is 932. The average Bonchev–Trinajstić information content (AvgIpc) is 3.18. The molecule has 26 heavy (non-hydrogen) atoms. The molecular formula is C19H20N4O3. The van der Waals surface area contributed by atoms with Gasteiger partial charge in [-0.1, -0.05) is 38.1 Å². The lowest BCUT2D eigenvalue weighted by atomic mass is 10.1. The van der Waals surface area contributed by atoms with Gasteiger partial charge in [-0.05, 0) is 11.5 Å². The van der Waals surface area contributed by atoms with Crippen molar-refractivity contribution in [2.75, 3.05) is 19.7 Å². The zero-order chi connectivity index (χ0) is 18.1. The van der Waals surface area contributed by atoms with E-state index in [9.17, 15) is 4.79 Å². The van der Waals surface area contributed by atoms with Crippen molar-refractivity contribution < 1.29 is 13.9 Å². The number of pyridine rings is 1. The van der Waals surface area contributed by atoms with Crippen LogP contribution in [0.15, 0.2) is 40.9 Å². The molecule has 0 spiro atoms. The number of morpholine rings is 1. The number of aromatic nitrogens is 3. The number of ether oxygens (including phenoxy) is 1. The van der Waals surface area contributed by atoms with Crippen molar-refractivity contribution in [1.29, 1.82) is 0 Å². The smallest absolute Gasteiger partial charge is 0.273 e. The number of benzene rings is 1. The van der Waals surface area contributed by atoms with Crippen molar-refractivity contribution in [3.05, 3.63) is 54.0 Å². The molecule has 2 aromatic heterocycles. The first-order valence-electron chi connectivity index (χ1n) is 8.71. The Hall–Kier alpha value is -2.80. The van der Waals surface area contributed by atoms with Crippen LogP contribution in [0, 0.1) is 0 Å². The van der Waals surface area contributed by atoms with Crippen LogP contribution in [0.4, 0.5) is 0 Å². The highest BCUT2D eigenvalue weighted by atomic mass is 16.5. The van der Waals surface area contributed by atoms with Gasteiger partial charge in [0.25, 0.3) is 5.91 Å². The summed E-state index contributed by atoms with van der Waals surface area (Å²) in [5, 5.41) is 9.97. The van der Waals surface area contributed by atoms with Gasteiger partial charge in [0, 0.05) is 24.0 Å². The topological polar surface area (TPSA) is 81.4 Å². The van der Waals surface area contributed by atoms with Crippen molar-refractivity contribution in [2.24, 2.45) is 0 Å². The SMILES string of the molecule is CC(C)c1nnc([C@H]2CN(C(=O)c3nccc4ccccc34)CCO2)o1. The van der Waals surface area contributed by atoms with Gasteiger partial charge in [-0.25, -0.2) is 0 Å². The highest BCUT2D eigenvalue weighted by molar-refractivity contribution is 6.05. The first-order valence-corrected chi connectivity index (χ1v) is 8.71. The van der Waals surface area contributed by atoms with E-state index in [1.807, 2.05) is 44.2 Å². The molecule has 0 bridgehead atoms. The zero-order valence-corrected chi connectivity index (χ0v) is 14.8. The zero-order valence-electron chi connectivity index (χ0n) is 14.8. The molecule has 7 nitrogen and oxygen atoms in total. The molecule has 0 N–H and O–H groups in total. The van der Waals surface area contributed by atoms with Crippen molar-refractivity contribution in [1.82, 2.24) is 20.1 Å². The lowest BCUT2D eigenvalue weighted by Crippen LogP contribution is -2.42. The van der Waals surface area contributed by atoms with E-state index in [-0.39, 0.29) is 11.8 Å². The molecule has 0 aliphatic carbocycles. The summed E-state index contributed by atoms with van der Waals surface area (Å²) in [6, 6.07) is 9.65. The fourth-order valence-corrected chi connectivity index (χ4v) is 3.03.